The van der Waals surface area contributed by atoms with Gasteiger partial charge in [-0.25, -0.2) is 4.79 Å². The van der Waals surface area contributed by atoms with Gasteiger partial charge in [0.05, 0.1) is 6.61 Å². The number of benzene rings is 1. The molecule has 2 amide bonds. The second-order valence-corrected chi connectivity index (χ2v) is 5.15. The summed E-state index contributed by atoms with van der Waals surface area (Å²) in [5.41, 5.74) is 3.56. The molecule has 0 fully saturated rings. The van der Waals surface area contributed by atoms with E-state index in [1.54, 1.807) is 4.90 Å². The minimum absolute atomic E-state index is 0.0109. The maximum Gasteiger partial charge on any atom is 0.317 e. The van der Waals surface area contributed by atoms with E-state index in [1.165, 1.54) is 16.5 Å². The number of nitrogens with zero attached hydrogens (tertiary/aromatic N) is 1. The number of urea groups is 1. The van der Waals surface area contributed by atoms with Crippen LogP contribution in [0.25, 0.3) is 10.9 Å². The molecule has 0 spiro atoms. The van der Waals surface area contributed by atoms with E-state index >= 15 is 0 Å². The van der Waals surface area contributed by atoms with Crippen LogP contribution in [0, 0.1) is 6.92 Å². The molecule has 5 heteroatoms. The van der Waals surface area contributed by atoms with E-state index in [1.807, 2.05) is 13.1 Å². The standard InChI is InChI=1S/C16H23N3O2/c1-3-19(8-9-20)16(21)17-7-6-13-11-18-15-10-12(2)4-5-14(13)15/h4-5,10-11,18,20H,3,6-9H2,1-2H3,(H,17,21). The Morgan fingerprint density at radius 1 is 1.43 bits per heavy atom. The van der Waals surface area contributed by atoms with Gasteiger partial charge in [0.25, 0.3) is 0 Å². The Hall–Kier alpha value is -2.01. The van der Waals surface area contributed by atoms with Crippen LogP contribution >= 0.6 is 0 Å². The number of hydrogen-bond donors (Lipinski definition) is 3. The first-order valence-corrected chi connectivity index (χ1v) is 7.36. The molecular formula is C16H23N3O2. The van der Waals surface area contributed by atoms with Crippen LogP contribution in [0.2, 0.25) is 0 Å². The predicted molar refractivity (Wildman–Crippen MR) is 84.5 cm³/mol. The highest BCUT2D eigenvalue weighted by atomic mass is 16.3. The van der Waals surface area contributed by atoms with Crippen LogP contribution < -0.4 is 5.32 Å². The van der Waals surface area contributed by atoms with Gasteiger partial charge in [0.1, 0.15) is 0 Å². The van der Waals surface area contributed by atoms with Crippen molar-refractivity contribution in [2.45, 2.75) is 20.3 Å². The summed E-state index contributed by atoms with van der Waals surface area (Å²) >= 11 is 0. The molecule has 21 heavy (non-hydrogen) atoms. The van der Waals surface area contributed by atoms with Crippen molar-refractivity contribution >= 4 is 16.9 Å². The van der Waals surface area contributed by atoms with Gasteiger partial charge >= 0.3 is 6.03 Å². The van der Waals surface area contributed by atoms with E-state index < -0.39 is 0 Å². The van der Waals surface area contributed by atoms with Crippen LogP contribution in [-0.4, -0.2) is 47.3 Å². The summed E-state index contributed by atoms with van der Waals surface area (Å²) in [5, 5.41) is 13.0. The zero-order chi connectivity index (χ0) is 15.2. The first-order chi connectivity index (χ1) is 10.2. The van der Waals surface area contributed by atoms with Crippen LogP contribution in [0.3, 0.4) is 0 Å². The summed E-state index contributed by atoms with van der Waals surface area (Å²) in [4.78, 5) is 16.8. The predicted octanol–water partition coefficient (Wildman–Crippen LogP) is 2.04. The fourth-order valence-electron chi connectivity index (χ4n) is 2.45. The summed E-state index contributed by atoms with van der Waals surface area (Å²) in [6.07, 6.45) is 2.78. The number of carbonyl (C=O) groups excluding carboxylic acids is 1. The number of aliphatic hydroxyl groups is 1. The van der Waals surface area contributed by atoms with Crippen molar-refractivity contribution in [3.05, 3.63) is 35.5 Å². The lowest BCUT2D eigenvalue weighted by atomic mass is 10.1. The third-order valence-corrected chi connectivity index (χ3v) is 3.63. The van der Waals surface area contributed by atoms with E-state index in [2.05, 4.69) is 35.4 Å². The van der Waals surface area contributed by atoms with Gasteiger partial charge in [0.2, 0.25) is 0 Å². The number of carbonyl (C=O) groups is 1. The van der Waals surface area contributed by atoms with E-state index in [0.717, 1.165) is 11.9 Å². The first-order valence-electron chi connectivity index (χ1n) is 7.36. The summed E-state index contributed by atoms with van der Waals surface area (Å²) in [6, 6.07) is 6.21. The Bertz CT molecular complexity index is 607. The van der Waals surface area contributed by atoms with Crippen molar-refractivity contribution in [1.82, 2.24) is 15.2 Å². The fourth-order valence-corrected chi connectivity index (χ4v) is 2.45. The smallest absolute Gasteiger partial charge is 0.317 e. The summed E-state index contributed by atoms with van der Waals surface area (Å²) in [5.74, 6) is 0. The zero-order valence-electron chi connectivity index (χ0n) is 12.6. The molecule has 0 atom stereocenters. The van der Waals surface area contributed by atoms with Crippen LogP contribution in [0.4, 0.5) is 4.79 Å². The van der Waals surface area contributed by atoms with E-state index in [9.17, 15) is 4.79 Å². The lowest BCUT2D eigenvalue weighted by molar-refractivity contribution is 0.180. The number of aromatic nitrogens is 1. The van der Waals surface area contributed by atoms with Crippen LogP contribution in [-0.2, 0) is 6.42 Å². The molecule has 2 aromatic rings. The van der Waals surface area contributed by atoms with Crippen molar-refractivity contribution < 1.29 is 9.90 Å². The average Bonchev–Trinajstić information content (AvgIpc) is 2.86. The monoisotopic (exact) mass is 289 g/mol. The largest absolute Gasteiger partial charge is 0.395 e. The third kappa shape index (κ3) is 3.76. The number of likely N-dealkylation sites (N-methyl/N-ethyl adjacent to an activating group) is 1. The number of aromatic amines is 1. The van der Waals surface area contributed by atoms with Gasteiger partial charge in [-0.2, -0.15) is 0 Å². The fraction of sp³-hybridized carbons (Fsp3) is 0.438. The van der Waals surface area contributed by atoms with Crippen LogP contribution in [0.1, 0.15) is 18.1 Å². The molecule has 0 saturated carbocycles. The molecule has 0 aliphatic heterocycles. The highest BCUT2D eigenvalue weighted by molar-refractivity contribution is 5.83. The molecule has 114 valence electrons. The molecule has 0 bridgehead atoms. The Labute approximate surface area is 125 Å². The number of hydrogen-bond acceptors (Lipinski definition) is 2. The lowest BCUT2D eigenvalue weighted by Gasteiger charge is -2.20. The second kappa shape index (κ2) is 7.13. The molecule has 0 aliphatic carbocycles. The van der Waals surface area contributed by atoms with Gasteiger partial charge in [-0.15, -0.1) is 0 Å². The number of aliphatic hydroxyl groups excluding tert-OH is 1. The third-order valence-electron chi connectivity index (χ3n) is 3.63. The molecule has 0 aliphatic rings. The topological polar surface area (TPSA) is 68.4 Å². The molecular weight excluding hydrogens is 266 g/mol. The molecule has 5 nitrogen and oxygen atoms in total. The van der Waals surface area contributed by atoms with Gasteiger partial charge in [-0.05, 0) is 37.5 Å². The zero-order valence-corrected chi connectivity index (χ0v) is 12.6. The van der Waals surface area contributed by atoms with Gasteiger partial charge < -0.3 is 20.3 Å². The summed E-state index contributed by atoms with van der Waals surface area (Å²) in [7, 11) is 0. The normalized spacial score (nSPS) is 10.8. The van der Waals surface area contributed by atoms with E-state index in [4.69, 9.17) is 5.11 Å². The Morgan fingerprint density at radius 3 is 2.95 bits per heavy atom. The van der Waals surface area contributed by atoms with Gasteiger partial charge in [0.15, 0.2) is 0 Å². The summed E-state index contributed by atoms with van der Waals surface area (Å²) < 4.78 is 0. The maximum atomic E-state index is 11.9. The minimum atomic E-state index is -0.123. The first kappa shape index (κ1) is 15.4. The lowest BCUT2D eigenvalue weighted by Crippen LogP contribution is -2.42. The van der Waals surface area contributed by atoms with E-state index in [-0.39, 0.29) is 12.6 Å². The molecule has 1 aromatic carbocycles. The molecule has 1 aromatic heterocycles. The van der Waals surface area contributed by atoms with Crippen molar-refractivity contribution in [1.29, 1.82) is 0 Å². The number of amides is 2. The molecule has 0 saturated heterocycles. The van der Waals surface area contributed by atoms with Crippen molar-refractivity contribution in [2.75, 3.05) is 26.2 Å². The highest BCUT2D eigenvalue weighted by Crippen LogP contribution is 2.19. The van der Waals surface area contributed by atoms with Crippen LogP contribution in [0.15, 0.2) is 24.4 Å². The second-order valence-electron chi connectivity index (χ2n) is 5.15. The number of H-pyrrole nitrogens is 1. The molecule has 1 heterocycles. The Kier molecular flexibility index (Phi) is 5.22. The van der Waals surface area contributed by atoms with Gasteiger partial charge in [0, 0.05) is 36.7 Å². The molecule has 3 N–H and O–H groups in total. The Balaban J connectivity index is 1.92. The minimum Gasteiger partial charge on any atom is -0.395 e. The maximum absolute atomic E-state index is 11.9. The number of aryl methyl sites for hydroxylation is 1. The van der Waals surface area contributed by atoms with Gasteiger partial charge in [-0.3, -0.25) is 0 Å². The van der Waals surface area contributed by atoms with Crippen LogP contribution in [0.5, 0.6) is 0 Å². The number of rotatable bonds is 6. The quantitative estimate of drug-likeness (QED) is 0.762. The van der Waals surface area contributed by atoms with Crippen molar-refractivity contribution in [3.8, 4) is 0 Å². The number of fused-ring (bicyclic) bond motifs is 1. The van der Waals surface area contributed by atoms with E-state index in [0.29, 0.717) is 19.6 Å². The Morgan fingerprint density at radius 2 is 2.24 bits per heavy atom. The van der Waals surface area contributed by atoms with Gasteiger partial charge in [-0.1, -0.05) is 12.1 Å². The highest BCUT2D eigenvalue weighted by Gasteiger charge is 2.10. The average molecular weight is 289 g/mol. The molecule has 0 unspecified atom stereocenters. The number of nitrogens with one attached hydrogen (secondary N) is 2. The SMILES string of the molecule is CCN(CCO)C(=O)NCCc1c[nH]c2cc(C)ccc12. The molecule has 2 rings (SSSR count). The van der Waals surface area contributed by atoms with Crippen molar-refractivity contribution in [2.24, 2.45) is 0 Å². The van der Waals surface area contributed by atoms with Crippen molar-refractivity contribution in [3.63, 3.8) is 0 Å². The molecule has 0 radical (unpaired) electrons. The summed E-state index contributed by atoms with van der Waals surface area (Å²) in [6.45, 7) is 5.51.